The van der Waals surface area contributed by atoms with Crippen molar-refractivity contribution < 1.29 is 18.1 Å². The number of hydrogen-bond acceptors (Lipinski definition) is 6. The quantitative estimate of drug-likeness (QED) is 0.630. The predicted octanol–water partition coefficient (Wildman–Crippen LogP) is 1.54. The highest BCUT2D eigenvalue weighted by Crippen LogP contribution is 2.37. The third kappa shape index (κ3) is 3.21. The first kappa shape index (κ1) is 18.9. The van der Waals surface area contributed by atoms with Crippen molar-refractivity contribution in [3.8, 4) is 5.75 Å². The second kappa shape index (κ2) is 7.22. The molecule has 0 amide bonds. The van der Waals surface area contributed by atoms with Gasteiger partial charge in [-0.1, -0.05) is 0 Å². The number of ether oxygens (including phenoxy) is 1. The van der Waals surface area contributed by atoms with E-state index in [1.165, 1.54) is 23.5 Å². The molecule has 1 aromatic rings. The van der Waals surface area contributed by atoms with Crippen LogP contribution in [-0.2, 0) is 10.0 Å². The van der Waals surface area contributed by atoms with E-state index in [0.717, 1.165) is 31.9 Å². The number of methoxy groups -OCH3 is 1. The fourth-order valence-electron chi connectivity index (χ4n) is 3.43. The van der Waals surface area contributed by atoms with Crippen LogP contribution in [0, 0.1) is 10.1 Å². The van der Waals surface area contributed by atoms with Gasteiger partial charge < -0.3 is 10.1 Å². The number of benzene rings is 1. The topological polar surface area (TPSA) is 102 Å². The van der Waals surface area contributed by atoms with Crippen LogP contribution in [0.25, 0.3) is 0 Å². The molecule has 2 heterocycles. The van der Waals surface area contributed by atoms with Crippen LogP contribution >= 0.6 is 12.4 Å². The van der Waals surface area contributed by atoms with Gasteiger partial charge in [0.25, 0.3) is 5.69 Å². The monoisotopic (exact) mass is 377 g/mol. The summed E-state index contributed by atoms with van der Waals surface area (Å²) in [5.41, 5.74) is -0.444. The van der Waals surface area contributed by atoms with E-state index in [2.05, 4.69) is 5.32 Å². The summed E-state index contributed by atoms with van der Waals surface area (Å²) in [6.07, 6.45) is 2.30. The minimum Gasteiger partial charge on any atom is -0.497 e. The number of nitrogens with zero attached hydrogens (tertiary/aromatic N) is 2. The second-order valence-corrected chi connectivity index (χ2v) is 7.62. The van der Waals surface area contributed by atoms with E-state index in [-0.39, 0.29) is 35.1 Å². The predicted molar refractivity (Wildman–Crippen MR) is 90.2 cm³/mol. The van der Waals surface area contributed by atoms with E-state index in [1.54, 1.807) is 0 Å². The highest BCUT2D eigenvalue weighted by molar-refractivity contribution is 7.89. The molecule has 0 spiro atoms. The first-order valence-corrected chi connectivity index (χ1v) is 8.96. The van der Waals surface area contributed by atoms with Gasteiger partial charge in [-0.3, -0.25) is 10.1 Å². The van der Waals surface area contributed by atoms with E-state index in [0.29, 0.717) is 6.54 Å². The lowest BCUT2D eigenvalue weighted by molar-refractivity contribution is -0.387. The molecule has 134 valence electrons. The molecule has 2 unspecified atom stereocenters. The lowest BCUT2D eigenvalue weighted by Gasteiger charge is -2.26. The van der Waals surface area contributed by atoms with E-state index in [1.807, 2.05) is 0 Å². The average molecular weight is 378 g/mol. The number of nitrogens with one attached hydrogen (secondary N) is 1. The van der Waals surface area contributed by atoms with Crippen molar-refractivity contribution in [2.75, 3.05) is 20.2 Å². The fraction of sp³-hybridized carbons (Fsp3) is 0.571. The zero-order chi connectivity index (χ0) is 16.6. The Balaban J connectivity index is 0.00000208. The summed E-state index contributed by atoms with van der Waals surface area (Å²) in [5, 5.41) is 14.5. The van der Waals surface area contributed by atoms with Crippen molar-refractivity contribution >= 4 is 28.1 Å². The minimum absolute atomic E-state index is 0. The van der Waals surface area contributed by atoms with Gasteiger partial charge in [0.15, 0.2) is 4.90 Å². The van der Waals surface area contributed by atoms with E-state index in [4.69, 9.17) is 4.74 Å². The maximum Gasteiger partial charge on any atom is 0.293 e. The van der Waals surface area contributed by atoms with Crippen molar-refractivity contribution in [2.24, 2.45) is 0 Å². The maximum absolute atomic E-state index is 13.1. The molecular formula is C14H20ClN3O5S. The van der Waals surface area contributed by atoms with Crippen molar-refractivity contribution in [3.05, 3.63) is 28.3 Å². The highest BCUT2D eigenvalue weighted by Gasteiger charge is 2.45. The van der Waals surface area contributed by atoms with Gasteiger partial charge in [0.1, 0.15) is 5.75 Å². The molecule has 0 aromatic heterocycles. The SMILES string of the molecule is COc1ccc(S(=O)(=O)N2C3CCNCC2CC3)c([N+](=O)[O-])c1.Cl. The standard InChI is InChI=1S/C14H19N3O5S.ClH/c1-22-12-4-5-14(13(8-12)17(18)19)23(20,21)16-10-2-3-11(16)9-15-7-6-10;/h4-5,8,10-11,15H,2-3,6-7,9H2,1H3;1H. The van der Waals surface area contributed by atoms with E-state index >= 15 is 0 Å². The summed E-state index contributed by atoms with van der Waals surface area (Å²) >= 11 is 0. The lowest BCUT2D eigenvalue weighted by Crippen LogP contribution is -2.42. The first-order valence-electron chi connectivity index (χ1n) is 7.52. The maximum atomic E-state index is 13.1. The first-order chi connectivity index (χ1) is 10.9. The smallest absolute Gasteiger partial charge is 0.293 e. The molecule has 2 aliphatic rings. The van der Waals surface area contributed by atoms with Gasteiger partial charge in [-0.15, -0.1) is 12.4 Å². The molecule has 2 aliphatic heterocycles. The zero-order valence-electron chi connectivity index (χ0n) is 13.2. The molecular weight excluding hydrogens is 358 g/mol. The number of hydrogen-bond donors (Lipinski definition) is 1. The highest BCUT2D eigenvalue weighted by atomic mass is 35.5. The van der Waals surface area contributed by atoms with E-state index in [9.17, 15) is 18.5 Å². The summed E-state index contributed by atoms with van der Waals surface area (Å²) in [7, 11) is -2.54. The number of rotatable bonds is 4. The summed E-state index contributed by atoms with van der Waals surface area (Å²) in [5.74, 6) is 0.260. The van der Waals surface area contributed by atoms with Crippen molar-refractivity contribution in [3.63, 3.8) is 0 Å². The van der Waals surface area contributed by atoms with Crippen LogP contribution in [-0.4, -0.2) is 49.9 Å². The van der Waals surface area contributed by atoms with Gasteiger partial charge >= 0.3 is 0 Å². The van der Waals surface area contributed by atoms with Crippen molar-refractivity contribution in [2.45, 2.75) is 36.2 Å². The van der Waals surface area contributed by atoms with E-state index < -0.39 is 20.6 Å². The van der Waals surface area contributed by atoms with Crippen LogP contribution in [0.3, 0.4) is 0 Å². The van der Waals surface area contributed by atoms with Gasteiger partial charge in [0, 0.05) is 18.6 Å². The fourth-order valence-corrected chi connectivity index (χ4v) is 5.47. The van der Waals surface area contributed by atoms with Gasteiger partial charge in [-0.2, -0.15) is 4.31 Å². The molecule has 24 heavy (non-hydrogen) atoms. The summed E-state index contributed by atoms with van der Waals surface area (Å²) in [6.45, 7) is 1.34. The second-order valence-electron chi connectivity index (χ2n) is 5.80. The Morgan fingerprint density at radius 3 is 2.67 bits per heavy atom. The minimum atomic E-state index is -3.93. The Kier molecular flexibility index (Phi) is 5.69. The Morgan fingerprint density at radius 1 is 1.29 bits per heavy atom. The third-order valence-corrected chi connectivity index (χ3v) is 6.56. The average Bonchev–Trinajstić information content (AvgIpc) is 2.80. The van der Waals surface area contributed by atoms with Gasteiger partial charge in [0.2, 0.25) is 10.0 Å². The Hall–Kier alpha value is -1.42. The van der Waals surface area contributed by atoms with Crippen LogP contribution in [0.5, 0.6) is 5.75 Å². The molecule has 8 nitrogen and oxygen atoms in total. The number of fused-ring (bicyclic) bond motifs is 2. The van der Waals surface area contributed by atoms with Gasteiger partial charge in [-0.05, 0) is 37.9 Å². The molecule has 2 bridgehead atoms. The zero-order valence-corrected chi connectivity index (χ0v) is 14.8. The van der Waals surface area contributed by atoms with Crippen LogP contribution in [0.1, 0.15) is 19.3 Å². The van der Waals surface area contributed by atoms with Crippen LogP contribution < -0.4 is 10.1 Å². The molecule has 3 rings (SSSR count). The lowest BCUT2D eigenvalue weighted by atomic mass is 10.1. The van der Waals surface area contributed by atoms with Crippen molar-refractivity contribution in [1.82, 2.24) is 9.62 Å². The number of nitro benzene ring substituents is 1. The van der Waals surface area contributed by atoms with Gasteiger partial charge in [0.05, 0.1) is 18.1 Å². The normalized spacial score (nSPS) is 24.0. The molecule has 10 heteroatoms. The van der Waals surface area contributed by atoms with Crippen molar-refractivity contribution in [1.29, 1.82) is 0 Å². The largest absolute Gasteiger partial charge is 0.497 e. The third-order valence-electron chi connectivity index (χ3n) is 4.51. The molecule has 2 atom stereocenters. The Bertz CT molecular complexity index is 713. The Labute approximate surface area is 146 Å². The Morgan fingerprint density at radius 2 is 2.00 bits per heavy atom. The van der Waals surface area contributed by atoms with Crippen LogP contribution in [0.15, 0.2) is 23.1 Å². The number of nitro groups is 1. The molecule has 0 aliphatic carbocycles. The molecule has 2 fully saturated rings. The number of sulfonamides is 1. The summed E-state index contributed by atoms with van der Waals surface area (Å²) in [4.78, 5) is 10.4. The number of halogens is 1. The molecule has 0 radical (unpaired) electrons. The van der Waals surface area contributed by atoms with Crippen LogP contribution in [0.4, 0.5) is 5.69 Å². The molecule has 1 aromatic carbocycles. The van der Waals surface area contributed by atoms with Gasteiger partial charge in [-0.25, -0.2) is 8.42 Å². The molecule has 2 saturated heterocycles. The summed E-state index contributed by atoms with van der Waals surface area (Å²) < 4.78 is 32.6. The molecule has 1 N–H and O–H groups in total. The summed E-state index contributed by atoms with van der Waals surface area (Å²) in [6, 6.07) is 3.63. The molecule has 0 saturated carbocycles. The van der Waals surface area contributed by atoms with Crippen LogP contribution in [0.2, 0.25) is 0 Å².